The van der Waals surface area contributed by atoms with Gasteiger partial charge in [0.25, 0.3) is 0 Å². The number of hydrogen-bond acceptors (Lipinski definition) is 3. The molecule has 102 valence electrons. The summed E-state index contributed by atoms with van der Waals surface area (Å²) in [6.45, 7) is 0. The number of rotatable bonds is 5. The zero-order chi connectivity index (χ0) is 14.4. The first-order valence-electron chi connectivity index (χ1n) is 6.28. The van der Waals surface area contributed by atoms with Gasteiger partial charge in [-0.25, -0.2) is 4.79 Å². The average Bonchev–Trinajstić information content (AvgIpc) is 2.46. The molecule has 0 unspecified atom stereocenters. The van der Waals surface area contributed by atoms with Crippen LogP contribution in [0.1, 0.15) is 16.8 Å². The molecule has 2 aromatic rings. The minimum Gasteiger partial charge on any atom is -0.502 e. The first-order chi connectivity index (χ1) is 9.65. The Hall–Kier alpha value is -2.62. The molecule has 20 heavy (non-hydrogen) atoms. The van der Waals surface area contributed by atoms with Crippen LogP contribution in [0.15, 0.2) is 54.4 Å². The van der Waals surface area contributed by atoms with Crippen LogP contribution in [-0.2, 0) is 17.6 Å². The van der Waals surface area contributed by atoms with Gasteiger partial charge in [0.05, 0.1) is 0 Å². The Morgan fingerprint density at radius 2 is 1.85 bits per heavy atom. The lowest BCUT2D eigenvalue weighted by Gasteiger charge is -2.03. The van der Waals surface area contributed by atoms with E-state index in [1.165, 1.54) is 11.6 Å². The van der Waals surface area contributed by atoms with E-state index in [9.17, 15) is 9.90 Å². The molecule has 0 amide bonds. The van der Waals surface area contributed by atoms with E-state index in [0.717, 1.165) is 18.5 Å². The summed E-state index contributed by atoms with van der Waals surface area (Å²) >= 11 is 0. The second kappa shape index (κ2) is 6.52. The Morgan fingerprint density at radius 1 is 1.10 bits per heavy atom. The number of carboxylic acid groups (broad SMARTS) is 1. The lowest BCUT2D eigenvalue weighted by molar-refractivity contribution is -0.135. The van der Waals surface area contributed by atoms with Crippen molar-refractivity contribution < 1.29 is 15.0 Å². The molecule has 0 atom stereocenters. The van der Waals surface area contributed by atoms with E-state index in [1.54, 1.807) is 18.3 Å². The minimum absolute atomic E-state index is 0.628. The Bertz CT molecular complexity index is 621. The predicted octanol–water partition coefficient (Wildman–Crippen LogP) is 2.85. The molecule has 4 heteroatoms. The van der Waals surface area contributed by atoms with E-state index in [4.69, 9.17) is 5.11 Å². The van der Waals surface area contributed by atoms with Crippen molar-refractivity contribution in [1.82, 2.24) is 4.98 Å². The van der Waals surface area contributed by atoms with E-state index in [2.05, 4.69) is 17.1 Å². The molecular formula is C16H15NO3. The van der Waals surface area contributed by atoms with Crippen LogP contribution in [0.25, 0.3) is 6.08 Å². The number of pyridine rings is 1. The summed E-state index contributed by atoms with van der Waals surface area (Å²) in [6.07, 6.45) is 4.46. The SMILES string of the molecule is O=C(O)/C(O)=C/c1ccnc(CCc2ccccc2)c1. The predicted molar refractivity (Wildman–Crippen MR) is 76.3 cm³/mol. The Morgan fingerprint density at radius 3 is 2.55 bits per heavy atom. The molecule has 1 aromatic carbocycles. The third-order valence-corrected chi connectivity index (χ3v) is 2.88. The Labute approximate surface area is 117 Å². The van der Waals surface area contributed by atoms with Crippen molar-refractivity contribution >= 4 is 12.0 Å². The van der Waals surface area contributed by atoms with Gasteiger partial charge in [-0.05, 0) is 42.2 Å². The summed E-state index contributed by atoms with van der Waals surface area (Å²) in [6, 6.07) is 13.5. The van der Waals surface area contributed by atoms with Crippen molar-refractivity contribution in [3.63, 3.8) is 0 Å². The fourth-order valence-corrected chi connectivity index (χ4v) is 1.86. The first kappa shape index (κ1) is 13.8. The number of aryl methyl sites for hydroxylation is 2. The maximum absolute atomic E-state index is 10.6. The van der Waals surface area contributed by atoms with E-state index < -0.39 is 11.7 Å². The molecule has 0 saturated heterocycles. The number of hydrogen-bond donors (Lipinski definition) is 2. The highest BCUT2D eigenvalue weighted by atomic mass is 16.4. The summed E-state index contributed by atoms with van der Waals surface area (Å²) in [5.74, 6) is -2.02. The molecule has 4 nitrogen and oxygen atoms in total. The maximum atomic E-state index is 10.6. The second-order valence-electron chi connectivity index (χ2n) is 4.40. The van der Waals surface area contributed by atoms with Crippen LogP contribution >= 0.6 is 0 Å². The van der Waals surface area contributed by atoms with Gasteiger partial charge in [-0.3, -0.25) is 4.98 Å². The zero-order valence-corrected chi connectivity index (χ0v) is 10.9. The van der Waals surface area contributed by atoms with Crippen LogP contribution in [0.5, 0.6) is 0 Å². The Balaban J connectivity index is 2.07. The smallest absolute Gasteiger partial charge is 0.370 e. The third-order valence-electron chi connectivity index (χ3n) is 2.88. The number of carbonyl (C=O) groups is 1. The van der Waals surface area contributed by atoms with Crippen LogP contribution in [0.2, 0.25) is 0 Å². The van der Waals surface area contributed by atoms with Gasteiger partial charge in [0, 0.05) is 11.9 Å². The summed E-state index contributed by atoms with van der Waals surface area (Å²) < 4.78 is 0. The summed E-state index contributed by atoms with van der Waals surface area (Å²) in [4.78, 5) is 14.8. The van der Waals surface area contributed by atoms with Gasteiger partial charge >= 0.3 is 5.97 Å². The van der Waals surface area contributed by atoms with Crippen molar-refractivity contribution in [2.24, 2.45) is 0 Å². The zero-order valence-electron chi connectivity index (χ0n) is 10.9. The largest absolute Gasteiger partial charge is 0.502 e. The molecule has 0 bridgehead atoms. The standard InChI is InChI=1S/C16H15NO3/c18-15(16(19)20)11-13-8-9-17-14(10-13)7-6-12-4-2-1-3-5-12/h1-5,8-11,18H,6-7H2,(H,19,20)/b15-11-. The van der Waals surface area contributed by atoms with Gasteiger partial charge in [-0.1, -0.05) is 30.3 Å². The summed E-state index contributed by atoms with van der Waals surface area (Å²) in [7, 11) is 0. The van der Waals surface area contributed by atoms with Crippen LogP contribution in [0.3, 0.4) is 0 Å². The molecule has 2 N–H and O–H groups in total. The van der Waals surface area contributed by atoms with E-state index in [-0.39, 0.29) is 0 Å². The highest BCUT2D eigenvalue weighted by molar-refractivity contribution is 5.89. The molecular weight excluding hydrogens is 254 g/mol. The normalized spacial score (nSPS) is 11.3. The fraction of sp³-hybridized carbons (Fsp3) is 0.125. The monoisotopic (exact) mass is 269 g/mol. The molecule has 0 aliphatic rings. The van der Waals surface area contributed by atoms with Gasteiger partial charge in [-0.15, -0.1) is 0 Å². The highest BCUT2D eigenvalue weighted by Gasteiger charge is 2.04. The molecule has 0 fully saturated rings. The lowest BCUT2D eigenvalue weighted by Crippen LogP contribution is -1.99. The number of carboxylic acids is 1. The number of nitrogens with zero attached hydrogens (tertiary/aromatic N) is 1. The maximum Gasteiger partial charge on any atom is 0.370 e. The van der Waals surface area contributed by atoms with Gasteiger partial charge in [0.1, 0.15) is 0 Å². The van der Waals surface area contributed by atoms with Gasteiger partial charge < -0.3 is 10.2 Å². The van der Waals surface area contributed by atoms with Crippen LogP contribution in [-0.4, -0.2) is 21.2 Å². The summed E-state index contributed by atoms with van der Waals surface area (Å²) in [5.41, 5.74) is 2.72. The molecule has 0 saturated carbocycles. The van der Waals surface area contributed by atoms with E-state index in [1.807, 2.05) is 18.2 Å². The lowest BCUT2D eigenvalue weighted by atomic mass is 10.1. The second-order valence-corrected chi connectivity index (χ2v) is 4.40. The number of aliphatic carboxylic acids is 1. The van der Waals surface area contributed by atoms with Crippen molar-refractivity contribution in [3.8, 4) is 0 Å². The molecule has 1 heterocycles. The first-order valence-corrected chi connectivity index (χ1v) is 6.28. The van der Waals surface area contributed by atoms with Crippen LogP contribution in [0, 0.1) is 0 Å². The van der Waals surface area contributed by atoms with E-state index in [0.29, 0.717) is 5.56 Å². The molecule has 1 aromatic heterocycles. The number of benzene rings is 1. The molecule has 0 spiro atoms. The number of aliphatic hydroxyl groups is 1. The van der Waals surface area contributed by atoms with Gasteiger partial charge in [-0.2, -0.15) is 0 Å². The van der Waals surface area contributed by atoms with Crippen molar-refractivity contribution in [3.05, 3.63) is 71.2 Å². The molecule has 0 radical (unpaired) electrons. The van der Waals surface area contributed by atoms with Gasteiger partial charge in [0.15, 0.2) is 0 Å². The van der Waals surface area contributed by atoms with Crippen LogP contribution < -0.4 is 0 Å². The van der Waals surface area contributed by atoms with Crippen molar-refractivity contribution in [1.29, 1.82) is 0 Å². The quantitative estimate of drug-likeness (QED) is 0.646. The molecule has 2 rings (SSSR count). The van der Waals surface area contributed by atoms with Crippen molar-refractivity contribution in [2.45, 2.75) is 12.8 Å². The minimum atomic E-state index is -1.34. The topological polar surface area (TPSA) is 70.4 Å². The molecule has 0 aliphatic carbocycles. The van der Waals surface area contributed by atoms with E-state index >= 15 is 0 Å². The molecule has 0 aliphatic heterocycles. The summed E-state index contributed by atoms with van der Waals surface area (Å²) in [5, 5.41) is 17.9. The van der Waals surface area contributed by atoms with Crippen LogP contribution in [0.4, 0.5) is 0 Å². The Kier molecular flexibility index (Phi) is 4.50. The number of aromatic nitrogens is 1. The highest BCUT2D eigenvalue weighted by Crippen LogP contribution is 2.10. The average molecular weight is 269 g/mol. The third kappa shape index (κ3) is 3.95. The van der Waals surface area contributed by atoms with Gasteiger partial charge in [0.2, 0.25) is 5.76 Å². The van der Waals surface area contributed by atoms with Crippen molar-refractivity contribution in [2.75, 3.05) is 0 Å². The fourth-order valence-electron chi connectivity index (χ4n) is 1.86. The number of aliphatic hydroxyl groups excluding tert-OH is 1.